The smallest absolute Gasteiger partial charge is 0.232 e. The van der Waals surface area contributed by atoms with E-state index in [0.29, 0.717) is 10.9 Å². The molecular weight excluding hydrogens is 375 g/mol. The number of aryl methyl sites for hydroxylation is 1. The summed E-state index contributed by atoms with van der Waals surface area (Å²) < 4.78 is 6.42. The number of rotatable bonds is 2. The number of benzene rings is 1. The predicted molar refractivity (Wildman–Crippen MR) is 84.3 cm³/mol. The van der Waals surface area contributed by atoms with E-state index >= 15 is 0 Å². The van der Waals surface area contributed by atoms with Crippen molar-refractivity contribution >= 4 is 45.3 Å². The third-order valence-corrected chi connectivity index (χ3v) is 4.10. The van der Waals surface area contributed by atoms with Crippen molar-refractivity contribution in [2.75, 3.05) is 0 Å². The first-order valence-corrected chi connectivity index (χ1v) is 7.34. The number of furan rings is 1. The molecule has 3 nitrogen and oxygen atoms in total. The third-order valence-electron chi connectivity index (χ3n) is 3.05. The molecule has 0 saturated heterocycles. The van der Waals surface area contributed by atoms with Gasteiger partial charge in [-0.15, -0.1) is 0 Å². The topological polar surface area (TPSA) is 38.9 Å². The van der Waals surface area contributed by atoms with E-state index < -0.39 is 0 Å². The highest BCUT2D eigenvalue weighted by atomic mass is 127. The molecule has 0 saturated carbocycles. The molecule has 0 N–H and O–H groups in total. The van der Waals surface area contributed by atoms with Crippen molar-refractivity contribution < 1.29 is 4.42 Å². The molecule has 3 rings (SSSR count). The van der Waals surface area contributed by atoms with Crippen LogP contribution in [0.2, 0.25) is 5.15 Å². The lowest BCUT2D eigenvalue weighted by atomic mass is 10.0. The van der Waals surface area contributed by atoms with Crippen LogP contribution in [0.4, 0.5) is 0 Å². The van der Waals surface area contributed by atoms with Gasteiger partial charge in [0.25, 0.3) is 0 Å². The summed E-state index contributed by atoms with van der Waals surface area (Å²) >= 11 is 8.33. The Bertz CT molecular complexity index is 737. The predicted octanol–water partition coefficient (Wildman–Crippen LogP) is 4.71. The minimum Gasteiger partial charge on any atom is -0.431 e. The van der Waals surface area contributed by atoms with Gasteiger partial charge < -0.3 is 4.42 Å². The minimum atomic E-state index is 0.422. The first-order chi connectivity index (χ1) is 9.20. The second kappa shape index (κ2) is 5.09. The van der Waals surface area contributed by atoms with Gasteiger partial charge in [-0.3, -0.25) is 0 Å². The Morgan fingerprint density at radius 3 is 2.63 bits per heavy atom. The van der Waals surface area contributed by atoms with E-state index in [1.807, 2.05) is 0 Å². The molecular formula is C14H10ClIN2O. The molecule has 96 valence electrons. The quantitative estimate of drug-likeness (QED) is 0.474. The Morgan fingerprint density at radius 1 is 1.21 bits per heavy atom. The van der Waals surface area contributed by atoms with Crippen LogP contribution in [-0.2, 0) is 6.42 Å². The zero-order valence-electron chi connectivity index (χ0n) is 10.2. The van der Waals surface area contributed by atoms with Gasteiger partial charge in [0.15, 0.2) is 3.77 Å². The monoisotopic (exact) mass is 384 g/mol. The van der Waals surface area contributed by atoms with Crippen LogP contribution >= 0.6 is 34.2 Å². The van der Waals surface area contributed by atoms with Crippen LogP contribution in [0.15, 0.2) is 35.0 Å². The SMILES string of the molecule is CCc1ccc(-c2c(I)oc3ncnc(Cl)c23)cc1. The molecule has 0 fully saturated rings. The summed E-state index contributed by atoms with van der Waals surface area (Å²) in [7, 11) is 0. The van der Waals surface area contributed by atoms with Gasteiger partial charge in [-0.25, -0.2) is 9.97 Å². The van der Waals surface area contributed by atoms with E-state index in [4.69, 9.17) is 16.0 Å². The Balaban J connectivity index is 2.26. The summed E-state index contributed by atoms with van der Waals surface area (Å²) in [6.07, 6.45) is 2.43. The van der Waals surface area contributed by atoms with Crippen LogP contribution in [0.25, 0.3) is 22.2 Å². The lowest BCUT2D eigenvalue weighted by Crippen LogP contribution is -1.84. The molecule has 0 spiro atoms. The van der Waals surface area contributed by atoms with Crippen molar-refractivity contribution in [1.29, 1.82) is 0 Å². The van der Waals surface area contributed by atoms with Gasteiger partial charge in [0, 0.05) is 28.2 Å². The standard InChI is InChI=1S/C14H10ClIN2O/c1-2-8-3-5-9(6-4-8)10-11-12(15)17-7-18-14(11)19-13(10)16/h3-7H,2H2,1H3. The fourth-order valence-electron chi connectivity index (χ4n) is 2.04. The maximum atomic E-state index is 6.17. The number of halogens is 2. The Hall–Kier alpha value is -1.14. The molecule has 0 amide bonds. The zero-order chi connectivity index (χ0) is 13.4. The minimum absolute atomic E-state index is 0.422. The van der Waals surface area contributed by atoms with Crippen LogP contribution < -0.4 is 0 Å². The Morgan fingerprint density at radius 2 is 1.95 bits per heavy atom. The highest BCUT2D eigenvalue weighted by Gasteiger charge is 2.18. The fourth-order valence-corrected chi connectivity index (χ4v) is 3.04. The van der Waals surface area contributed by atoms with Crippen molar-refractivity contribution in [2.45, 2.75) is 13.3 Å². The van der Waals surface area contributed by atoms with Gasteiger partial charge in [0.05, 0.1) is 5.39 Å². The second-order valence-corrected chi connectivity index (χ2v) is 5.48. The van der Waals surface area contributed by atoms with Gasteiger partial charge in [-0.1, -0.05) is 42.8 Å². The molecule has 0 unspecified atom stereocenters. The first-order valence-electron chi connectivity index (χ1n) is 5.88. The van der Waals surface area contributed by atoms with Crippen molar-refractivity contribution in [3.8, 4) is 11.1 Å². The molecule has 19 heavy (non-hydrogen) atoms. The molecule has 0 radical (unpaired) electrons. The summed E-state index contributed by atoms with van der Waals surface area (Å²) in [5.41, 5.74) is 3.86. The van der Waals surface area contributed by atoms with Crippen molar-refractivity contribution in [2.24, 2.45) is 0 Å². The lowest BCUT2D eigenvalue weighted by Gasteiger charge is -2.02. The van der Waals surface area contributed by atoms with Crippen LogP contribution in [0.1, 0.15) is 12.5 Å². The second-order valence-electron chi connectivity index (χ2n) is 4.15. The average Bonchev–Trinajstić information content (AvgIpc) is 2.76. The largest absolute Gasteiger partial charge is 0.431 e. The van der Waals surface area contributed by atoms with E-state index in [0.717, 1.165) is 26.7 Å². The number of fused-ring (bicyclic) bond motifs is 1. The van der Waals surface area contributed by atoms with E-state index in [-0.39, 0.29) is 0 Å². The molecule has 0 aliphatic carbocycles. The molecule has 0 bridgehead atoms. The summed E-state index contributed by atoms with van der Waals surface area (Å²) in [6.45, 7) is 2.14. The Kier molecular flexibility index (Phi) is 3.45. The fraction of sp³-hybridized carbons (Fsp3) is 0.143. The third kappa shape index (κ3) is 2.23. The zero-order valence-corrected chi connectivity index (χ0v) is 13.1. The number of hydrogen-bond donors (Lipinski definition) is 0. The van der Waals surface area contributed by atoms with Crippen LogP contribution in [-0.4, -0.2) is 9.97 Å². The molecule has 2 heterocycles. The molecule has 1 aromatic carbocycles. The van der Waals surface area contributed by atoms with Gasteiger partial charge in [-0.05, 0) is 17.5 Å². The number of hydrogen-bond acceptors (Lipinski definition) is 3. The summed E-state index contributed by atoms with van der Waals surface area (Å²) in [5, 5.41) is 1.20. The van der Waals surface area contributed by atoms with Gasteiger partial charge in [-0.2, -0.15) is 0 Å². The van der Waals surface area contributed by atoms with Gasteiger partial charge in [0.2, 0.25) is 5.71 Å². The number of nitrogens with zero attached hydrogens (tertiary/aromatic N) is 2. The van der Waals surface area contributed by atoms with Crippen molar-refractivity contribution in [3.05, 3.63) is 45.1 Å². The van der Waals surface area contributed by atoms with E-state index in [1.54, 1.807) is 0 Å². The first kappa shape index (κ1) is 12.9. The highest BCUT2D eigenvalue weighted by molar-refractivity contribution is 14.1. The lowest BCUT2D eigenvalue weighted by molar-refractivity contribution is 0.573. The van der Waals surface area contributed by atoms with Crippen LogP contribution in [0.3, 0.4) is 0 Å². The van der Waals surface area contributed by atoms with E-state index in [1.165, 1.54) is 11.9 Å². The van der Waals surface area contributed by atoms with Crippen molar-refractivity contribution in [1.82, 2.24) is 9.97 Å². The molecule has 3 aromatic rings. The highest BCUT2D eigenvalue weighted by Crippen LogP contribution is 2.37. The van der Waals surface area contributed by atoms with Crippen LogP contribution in [0, 0.1) is 3.77 Å². The Labute approximate surface area is 129 Å². The van der Waals surface area contributed by atoms with E-state index in [9.17, 15) is 0 Å². The van der Waals surface area contributed by atoms with Gasteiger partial charge >= 0.3 is 0 Å². The maximum Gasteiger partial charge on any atom is 0.232 e. The van der Waals surface area contributed by atoms with Crippen molar-refractivity contribution in [3.63, 3.8) is 0 Å². The average molecular weight is 385 g/mol. The van der Waals surface area contributed by atoms with Crippen LogP contribution in [0.5, 0.6) is 0 Å². The maximum absolute atomic E-state index is 6.17. The summed E-state index contributed by atoms with van der Waals surface area (Å²) in [4.78, 5) is 8.15. The normalized spacial score (nSPS) is 11.1. The summed E-state index contributed by atoms with van der Waals surface area (Å²) in [5.74, 6) is 0. The molecule has 5 heteroatoms. The molecule has 0 atom stereocenters. The van der Waals surface area contributed by atoms with Gasteiger partial charge in [0.1, 0.15) is 11.5 Å². The molecule has 0 aliphatic rings. The van der Waals surface area contributed by atoms with E-state index in [2.05, 4.69) is 63.7 Å². The summed E-state index contributed by atoms with van der Waals surface area (Å²) in [6, 6.07) is 8.38. The molecule has 0 aliphatic heterocycles. The molecule has 2 aromatic heterocycles. The number of aromatic nitrogens is 2.